The monoisotopic (exact) mass is 366 g/mol. The Balaban J connectivity index is 2.09. The first-order chi connectivity index (χ1) is 12.6. The minimum Gasteiger partial charge on any atom is -0.325 e. The van der Waals surface area contributed by atoms with E-state index < -0.39 is 17.2 Å². The number of ketones is 1. The molecule has 2 N–H and O–H groups in total. The van der Waals surface area contributed by atoms with Crippen LogP contribution in [0.1, 0.15) is 56.5 Å². The third kappa shape index (κ3) is 5.03. The van der Waals surface area contributed by atoms with Crippen molar-refractivity contribution in [1.82, 2.24) is 0 Å². The Morgan fingerprint density at radius 3 is 1.93 bits per heavy atom. The topological polar surface area (TPSA) is 75.3 Å². The molecule has 2 aromatic carbocycles. The molecule has 0 heterocycles. The third-order valence-corrected chi connectivity index (χ3v) is 4.50. The minimum atomic E-state index is -1.29. The fourth-order valence-corrected chi connectivity index (χ4v) is 2.45. The van der Waals surface area contributed by atoms with E-state index in [0.29, 0.717) is 22.9 Å². The lowest BCUT2D eigenvalue weighted by molar-refractivity contribution is -0.135. The Labute approximate surface area is 160 Å². The smallest absolute Gasteiger partial charge is 0.239 e. The van der Waals surface area contributed by atoms with Gasteiger partial charge in [0.25, 0.3) is 0 Å². The van der Waals surface area contributed by atoms with Crippen LogP contribution in [0.2, 0.25) is 0 Å². The third-order valence-electron chi connectivity index (χ3n) is 4.50. The standard InChI is InChI=1S/C22H26N2O3/c1-14(2)16-9-11-18(12-10-16)23-20(26)22(4,5)21(27)24-19-8-6-7-17(13-19)15(3)25/h6-14H,1-5H3,(H,23,26)(H,24,27). The van der Waals surface area contributed by atoms with Crippen LogP contribution in [0.5, 0.6) is 0 Å². The average molecular weight is 366 g/mol. The fraction of sp³-hybridized carbons (Fsp3) is 0.318. The van der Waals surface area contributed by atoms with Gasteiger partial charge in [0, 0.05) is 16.9 Å². The van der Waals surface area contributed by atoms with Crippen LogP contribution >= 0.6 is 0 Å². The Hall–Kier alpha value is -2.95. The zero-order valence-corrected chi connectivity index (χ0v) is 16.4. The second-order valence-electron chi connectivity index (χ2n) is 7.45. The number of nitrogens with one attached hydrogen (secondary N) is 2. The highest BCUT2D eigenvalue weighted by molar-refractivity contribution is 6.14. The number of hydrogen-bond acceptors (Lipinski definition) is 3. The molecule has 2 rings (SSSR count). The summed E-state index contributed by atoms with van der Waals surface area (Å²) >= 11 is 0. The van der Waals surface area contributed by atoms with E-state index in [4.69, 9.17) is 0 Å². The number of benzene rings is 2. The maximum Gasteiger partial charge on any atom is 0.239 e. The molecule has 0 bridgehead atoms. The highest BCUT2D eigenvalue weighted by atomic mass is 16.2. The zero-order chi connectivity index (χ0) is 20.2. The van der Waals surface area contributed by atoms with Crippen LogP contribution in [0, 0.1) is 5.41 Å². The molecule has 0 saturated heterocycles. The first-order valence-electron chi connectivity index (χ1n) is 8.95. The number of hydrogen-bond donors (Lipinski definition) is 2. The van der Waals surface area contributed by atoms with E-state index in [1.165, 1.54) is 12.5 Å². The van der Waals surface area contributed by atoms with Crippen molar-refractivity contribution in [2.75, 3.05) is 10.6 Å². The van der Waals surface area contributed by atoms with Crippen molar-refractivity contribution in [1.29, 1.82) is 0 Å². The first kappa shape index (κ1) is 20.4. The van der Waals surface area contributed by atoms with E-state index in [0.717, 1.165) is 0 Å². The van der Waals surface area contributed by atoms with Crippen LogP contribution in [0.15, 0.2) is 48.5 Å². The van der Waals surface area contributed by atoms with Crippen LogP contribution < -0.4 is 10.6 Å². The molecule has 0 spiro atoms. The molecule has 0 saturated carbocycles. The molecule has 2 amide bonds. The van der Waals surface area contributed by atoms with Gasteiger partial charge in [-0.05, 0) is 56.5 Å². The predicted octanol–water partition coefficient (Wildman–Crippen LogP) is 4.62. The SMILES string of the molecule is CC(=O)c1cccc(NC(=O)C(C)(C)C(=O)Nc2ccc(C(C)C)cc2)c1. The summed E-state index contributed by atoms with van der Waals surface area (Å²) in [6.45, 7) is 8.79. The number of carbonyl (C=O) groups excluding carboxylic acids is 3. The average Bonchev–Trinajstić information content (AvgIpc) is 2.62. The largest absolute Gasteiger partial charge is 0.325 e. The Morgan fingerprint density at radius 2 is 1.41 bits per heavy atom. The van der Waals surface area contributed by atoms with Gasteiger partial charge in [0.05, 0.1) is 0 Å². The maximum atomic E-state index is 12.6. The zero-order valence-electron chi connectivity index (χ0n) is 16.4. The fourth-order valence-electron chi connectivity index (χ4n) is 2.45. The van der Waals surface area contributed by atoms with Crippen LogP contribution in [0.3, 0.4) is 0 Å². The van der Waals surface area contributed by atoms with Gasteiger partial charge in [-0.15, -0.1) is 0 Å². The summed E-state index contributed by atoms with van der Waals surface area (Å²) < 4.78 is 0. The van der Waals surface area contributed by atoms with Crippen molar-refractivity contribution in [2.45, 2.75) is 40.5 Å². The lowest BCUT2D eigenvalue weighted by Gasteiger charge is -2.23. The molecular formula is C22H26N2O3. The molecular weight excluding hydrogens is 340 g/mol. The molecule has 5 heteroatoms. The van der Waals surface area contributed by atoms with Gasteiger partial charge in [0.15, 0.2) is 5.78 Å². The van der Waals surface area contributed by atoms with Gasteiger partial charge < -0.3 is 10.6 Å². The van der Waals surface area contributed by atoms with E-state index in [-0.39, 0.29) is 5.78 Å². The molecule has 0 radical (unpaired) electrons. The van der Waals surface area contributed by atoms with Crippen molar-refractivity contribution in [2.24, 2.45) is 5.41 Å². The van der Waals surface area contributed by atoms with Crippen LogP contribution in [0.4, 0.5) is 11.4 Å². The lowest BCUT2D eigenvalue weighted by atomic mass is 9.90. The molecule has 5 nitrogen and oxygen atoms in total. The molecule has 0 aliphatic rings. The summed E-state index contributed by atoms with van der Waals surface area (Å²) in [6, 6.07) is 14.2. The van der Waals surface area contributed by atoms with E-state index >= 15 is 0 Å². The summed E-state index contributed by atoms with van der Waals surface area (Å²) in [5.41, 5.74) is 1.51. The van der Waals surface area contributed by atoms with Crippen molar-refractivity contribution in [3.8, 4) is 0 Å². The molecule has 2 aromatic rings. The Morgan fingerprint density at radius 1 is 0.852 bits per heavy atom. The van der Waals surface area contributed by atoms with E-state index in [1.807, 2.05) is 24.3 Å². The summed E-state index contributed by atoms with van der Waals surface area (Å²) in [5.74, 6) is -0.532. The number of anilines is 2. The summed E-state index contributed by atoms with van der Waals surface area (Å²) in [6.07, 6.45) is 0. The van der Waals surface area contributed by atoms with Crippen molar-refractivity contribution >= 4 is 29.0 Å². The predicted molar refractivity (Wildman–Crippen MR) is 108 cm³/mol. The van der Waals surface area contributed by atoms with Crippen molar-refractivity contribution in [3.63, 3.8) is 0 Å². The van der Waals surface area contributed by atoms with Crippen LogP contribution in [-0.2, 0) is 9.59 Å². The van der Waals surface area contributed by atoms with Crippen molar-refractivity contribution in [3.05, 3.63) is 59.7 Å². The second-order valence-corrected chi connectivity index (χ2v) is 7.45. The number of carbonyl (C=O) groups is 3. The van der Waals surface area contributed by atoms with Gasteiger partial charge in [0.2, 0.25) is 11.8 Å². The number of Topliss-reactive ketones (excluding diaryl/α,β-unsaturated/α-hetero) is 1. The molecule has 0 fully saturated rings. The lowest BCUT2D eigenvalue weighted by Crippen LogP contribution is -2.41. The van der Waals surface area contributed by atoms with E-state index in [9.17, 15) is 14.4 Å². The molecule has 27 heavy (non-hydrogen) atoms. The van der Waals surface area contributed by atoms with Gasteiger partial charge in [-0.2, -0.15) is 0 Å². The summed E-state index contributed by atoms with van der Waals surface area (Å²) in [7, 11) is 0. The van der Waals surface area contributed by atoms with E-state index in [2.05, 4.69) is 24.5 Å². The molecule has 0 aromatic heterocycles. The molecule has 0 aliphatic heterocycles. The number of amides is 2. The van der Waals surface area contributed by atoms with Crippen molar-refractivity contribution < 1.29 is 14.4 Å². The normalized spacial score (nSPS) is 11.2. The van der Waals surface area contributed by atoms with Gasteiger partial charge in [-0.1, -0.05) is 38.1 Å². The summed E-state index contributed by atoms with van der Waals surface area (Å²) in [5, 5.41) is 5.51. The number of rotatable bonds is 6. The van der Waals surface area contributed by atoms with Gasteiger partial charge in [-0.25, -0.2) is 0 Å². The first-order valence-corrected chi connectivity index (χ1v) is 8.95. The Kier molecular flexibility index (Phi) is 6.16. The Bertz CT molecular complexity index is 852. The maximum absolute atomic E-state index is 12.6. The summed E-state index contributed by atoms with van der Waals surface area (Å²) in [4.78, 5) is 36.7. The highest BCUT2D eigenvalue weighted by Crippen LogP contribution is 2.23. The minimum absolute atomic E-state index is 0.0899. The molecule has 142 valence electrons. The van der Waals surface area contributed by atoms with Crippen LogP contribution in [0.25, 0.3) is 0 Å². The van der Waals surface area contributed by atoms with Crippen LogP contribution in [-0.4, -0.2) is 17.6 Å². The van der Waals surface area contributed by atoms with E-state index in [1.54, 1.807) is 38.1 Å². The molecule has 0 unspecified atom stereocenters. The van der Waals surface area contributed by atoms with Gasteiger partial charge in [-0.3, -0.25) is 14.4 Å². The highest BCUT2D eigenvalue weighted by Gasteiger charge is 2.36. The van der Waals surface area contributed by atoms with Gasteiger partial charge >= 0.3 is 0 Å². The van der Waals surface area contributed by atoms with Gasteiger partial charge in [0.1, 0.15) is 5.41 Å². The molecule has 0 atom stereocenters. The second kappa shape index (κ2) is 8.16. The molecule has 0 aliphatic carbocycles. The quantitative estimate of drug-likeness (QED) is 0.579.